The van der Waals surface area contributed by atoms with E-state index in [0.717, 1.165) is 35.4 Å². The molecule has 0 bridgehead atoms. The molecule has 0 spiro atoms. The van der Waals surface area contributed by atoms with Crippen molar-refractivity contribution < 1.29 is 19.4 Å². The standard InChI is InChI=1S/C14H16BrNO4/c15-11-5-9-1-3-20-13(9)10(6-11)7-16-2-4-19-12(8-16)14(17)18/h5-6,12H,1-4,7-8H2,(H,17,18). The minimum Gasteiger partial charge on any atom is -0.493 e. The van der Waals surface area contributed by atoms with E-state index in [0.29, 0.717) is 19.7 Å². The van der Waals surface area contributed by atoms with Crippen LogP contribution in [0.3, 0.4) is 0 Å². The van der Waals surface area contributed by atoms with Gasteiger partial charge in [0.25, 0.3) is 0 Å². The second-order valence-corrected chi connectivity index (χ2v) is 6.00. The average Bonchev–Trinajstić information content (AvgIpc) is 2.87. The fraction of sp³-hybridized carbons (Fsp3) is 0.500. The number of ether oxygens (including phenoxy) is 2. The van der Waals surface area contributed by atoms with E-state index in [1.807, 2.05) is 0 Å². The number of aliphatic carboxylic acids is 1. The van der Waals surface area contributed by atoms with Crippen LogP contribution in [0.5, 0.6) is 5.75 Å². The number of carbonyl (C=O) groups is 1. The molecule has 1 aromatic carbocycles. The molecular weight excluding hydrogens is 326 g/mol. The largest absolute Gasteiger partial charge is 0.493 e. The van der Waals surface area contributed by atoms with E-state index in [4.69, 9.17) is 14.6 Å². The second kappa shape index (κ2) is 5.71. The van der Waals surface area contributed by atoms with E-state index in [1.54, 1.807) is 0 Å². The molecule has 6 heteroatoms. The predicted molar refractivity (Wildman–Crippen MR) is 76.0 cm³/mol. The van der Waals surface area contributed by atoms with Gasteiger partial charge in [-0.1, -0.05) is 15.9 Å². The zero-order valence-electron chi connectivity index (χ0n) is 11.0. The summed E-state index contributed by atoms with van der Waals surface area (Å²) in [5, 5.41) is 9.04. The topological polar surface area (TPSA) is 59.0 Å². The summed E-state index contributed by atoms with van der Waals surface area (Å²) in [4.78, 5) is 13.1. The van der Waals surface area contributed by atoms with E-state index >= 15 is 0 Å². The predicted octanol–water partition coefficient (Wildman–Crippen LogP) is 1.67. The van der Waals surface area contributed by atoms with Crippen LogP contribution < -0.4 is 4.74 Å². The third-order valence-electron chi connectivity index (χ3n) is 3.65. The van der Waals surface area contributed by atoms with Crippen molar-refractivity contribution >= 4 is 21.9 Å². The smallest absolute Gasteiger partial charge is 0.334 e. The first-order valence-electron chi connectivity index (χ1n) is 6.64. The Bertz CT molecular complexity index is 534. The first-order chi connectivity index (χ1) is 9.63. The molecule has 5 nitrogen and oxygen atoms in total. The molecule has 2 heterocycles. The van der Waals surface area contributed by atoms with Crippen molar-refractivity contribution in [2.45, 2.75) is 19.1 Å². The summed E-state index contributed by atoms with van der Waals surface area (Å²) in [6.07, 6.45) is 0.202. The van der Waals surface area contributed by atoms with Gasteiger partial charge in [0.1, 0.15) is 5.75 Å². The number of hydrogen-bond donors (Lipinski definition) is 1. The monoisotopic (exact) mass is 341 g/mol. The van der Waals surface area contributed by atoms with Gasteiger partial charge in [-0.3, -0.25) is 4.90 Å². The van der Waals surface area contributed by atoms with Crippen molar-refractivity contribution in [1.82, 2.24) is 4.90 Å². The summed E-state index contributed by atoms with van der Waals surface area (Å²) in [6.45, 7) is 3.02. The van der Waals surface area contributed by atoms with Crippen LogP contribution in [0.4, 0.5) is 0 Å². The van der Waals surface area contributed by atoms with Gasteiger partial charge in [-0.05, 0) is 17.7 Å². The molecule has 2 aliphatic rings. The SMILES string of the molecule is O=C(O)C1CN(Cc2cc(Br)cc3c2OCC3)CCO1. The molecule has 0 saturated carbocycles. The second-order valence-electron chi connectivity index (χ2n) is 5.08. The number of carboxylic acid groups (broad SMARTS) is 1. The highest BCUT2D eigenvalue weighted by molar-refractivity contribution is 9.10. The number of morpholine rings is 1. The van der Waals surface area contributed by atoms with Crippen LogP contribution in [0.2, 0.25) is 0 Å². The van der Waals surface area contributed by atoms with Crippen molar-refractivity contribution in [3.63, 3.8) is 0 Å². The summed E-state index contributed by atoms with van der Waals surface area (Å²) < 4.78 is 12.0. The maximum atomic E-state index is 11.0. The molecule has 1 fully saturated rings. The van der Waals surface area contributed by atoms with Crippen molar-refractivity contribution in [1.29, 1.82) is 0 Å². The lowest BCUT2D eigenvalue weighted by molar-refractivity contribution is -0.156. The van der Waals surface area contributed by atoms with Crippen molar-refractivity contribution in [3.8, 4) is 5.75 Å². The third-order valence-corrected chi connectivity index (χ3v) is 4.10. The normalized spacial score (nSPS) is 22.4. The molecule has 108 valence electrons. The zero-order valence-corrected chi connectivity index (χ0v) is 12.6. The summed E-state index contributed by atoms with van der Waals surface area (Å²) in [7, 11) is 0. The third kappa shape index (κ3) is 2.82. The van der Waals surface area contributed by atoms with E-state index in [1.165, 1.54) is 5.56 Å². The molecule has 0 radical (unpaired) electrons. The highest BCUT2D eigenvalue weighted by Gasteiger charge is 2.27. The number of benzene rings is 1. The van der Waals surface area contributed by atoms with Crippen molar-refractivity contribution in [2.75, 3.05) is 26.3 Å². The van der Waals surface area contributed by atoms with Gasteiger partial charge >= 0.3 is 5.97 Å². The van der Waals surface area contributed by atoms with Gasteiger partial charge < -0.3 is 14.6 Å². The van der Waals surface area contributed by atoms with Crippen LogP contribution in [0, 0.1) is 0 Å². The summed E-state index contributed by atoms with van der Waals surface area (Å²) >= 11 is 3.52. The number of fused-ring (bicyclic) bond motifs is 1. The molecule has 1 aromatic rings. The molecule has 1 N–H and O–H groups in total. The van der Waals surface area contributed by atoms with Gasteiger partial charge in [0.15, 0.2) is 6.10 Å². The van der Waals surface area contributed by atoms with Gasteiger partial charge in [-0.2, -0.15) is 0 Å². The quantitative estimate of drug-likeness (QED) is 0.906. The molecule has 3 rings (SSSR count). The van der Waals surface area contributed by atoms with Gasteiger partial charge in [0.05, 0.1) is 13.2 Å². The lowest BCUT2D eigenvalue weighted by atomic mass is 10.1. The molecule has 0 amide bonds. The van der Waals surface area contributed by atoms with Crippen molar-refractivity contribution in [3.05, 3.63) is 27.7 Å². The molecule has 1 unspecified atom stereocenters. The van der Waals surface area contributed by atoms with Crippen LogP contribution >= 0.6 is 15.9 Å². The van der Waals surface area contributed by atoms with Gasteiger partial charge in [-0.15, -0.1) is 0 Å². The van der Waals surface area contributed by atoms with E-state index in [-0.39, 0.29) is 0 Å². The van der Waals surface area contributed by atoms with Crippen LogP contribution in [0.15, 0.2) is 16.6 Å². The fourth-order valence-corrected chi connectivity index (χ4v) is 3.25. The number of carboxylic acids is 1. The average molecular weight is 342 g/mol. The molecule has 1 saturated heterocycles. The lowest BCUT2D eigenvalue weighted by Crippen LogP contribution is -2.45. The molecule has 2 aliphatic heterocycles. The first kappa shape index (κ1) is 13.9. The van der Waals surface area contributed by atoms with Gasteiger partial charge in [0.2, 0.25) is 0 Å². The Morgan fingerprint density at radius 2 is 2.30 bits per heavy atom. The van der Waals surface area contributed by atoms with Crippen molar-refractivity contribution in [2.24, 2.45) is 0 Å². The van der Waals surface area contributed by atoms with Gasteiger partial charge in [-0.25, -0.2) is 4.79 Å². The number of rotatable bonds is 3. The van der Waals surface area contributed by atoms with Gasteiger partial charge in [0, 0.05) is 36.1 Å². The summed E-state index contributed by atoms with van der Waals surface area (Å²) in [5.41, 5.74) is 2.33. The molecule has 20 heavy (non-hydrogen) atoms. The van der Waals surface area contributed by atoms with E-state index in [2.05, 4.69) is 33.0 Å². The summed E-state index contributed by atoms with van der Waals surface area (Å²) in [5.74, 6) is 0.0667. The minimum atomic E-state index is -0.898. The maximum Gasteiger partial charge on any atom is 0.334 e. The molecule has 0 aliphatic carbocycles. The van der Waals surface area contributed by atoms with Crippen LogP contribution in [-0.4, -0.2) is 48.4 Å². The lowest BCUT2D eigenvalue weighted by Gasteiger charge is -2.31. The maximum absolute atomic E-state index is 11.0. The molecular formula is C14H16BrNO4. The number of hydrogen-bond acceptors (Lipinski definition) is 4. The Morgan fingerprint density at radius 1 is 1.45 bits per heavy atom. The van der Waals surface area contributed by atoms with E-state index < -0.39 is 12.1 Å². The number of nitrogens with zero attached hydrogens (tertiary/aromatic N) is 1. The Hall–Kier alpha value is -1.11. The Balaban J connectivity index is 1.76. The van der Waals surface area contributed by atoms with E-state index in [9.17, 15) is 4.79 Å². The highest BCUT2D eigenvalue weighted by atomic mass is 79.9. The number of halogens is 1. The Kier molecular flexibility index (Phi) is 3.96. The fourth-order valence-electron chi connectivity index (χ4n) is 2.70. The minimum absolute atomic E-state index is 0.413. The van der Waals surface area contributed by atoms with Crippen LogP contribution in [0.1, 0.15) is 11.1 Å². The van der Waals surface area contributed by atoms with Crippen LogP contribution in [0.25, 0.3) is 0 Å². The van der Waals surface area contributed by atoms with Crippen LogP contribution in [-0.2, 0) is 22.5 Å². The highest BCUT2D eigenvalue weighted by Crippen LogP contribution is 2.33. The molecule has 1 atom stereocenters. The Morgan fingerprint density at radius 3 is 3.10 bits per heavy atom. The Labute approximate surface area is 125 Å². The summed E-state index contributed by atoms with van der Waals surface area (Å²) in [6, 6.07) is 4.14. The zero-order chi connectivity index (χ0) is 14.1. The first-order valence-corrected chi connectivity index (χ1v) is 7.43. The molecule has 0 aromatic heterocycles.